The second-order valence-electron chi connectivity index (χ2n) is 4.49. The molecule has 0 bridgehead atoms. The lowest BCUT2D eigenvalue weighted by Gasteiger charge is -2.07. The van der Waals surface area contributed by atoms with Crippen molar-refractivity contribution in [2.24, 2.45) is 0 Å². The maximum Gasteiger partial charge on any atom is 0.268 e. The van der Waals surface area contributed by atoms with E-state index in [1.807, 2.05) is 0 Å². The molecule has 8 heteroatoms. The highest BCUT2D eigenvalue weighted by Crippen LogP contribution is 2.23. The van der Waals surface area contributed by atoms with Crippen LogP contribution in [0.15, 0.2) is 59.8 Å². The minimum absolute atomic E-state index is 0.238. The van der Waals surface area contributed by atoms with Crippen LogP contribution in [0, 0.1) is 0 Å². The molecule has 0 amide bonds. The lowest BCUT2D eigenvalue weighted by molar-refractivity contribution is 0.589. The van der Waals surface area contributed by atoms with E-state index < -0.39 is 10.0 Å². The molecule has 4 aromatic rings. The average Bonchev–Trinajstić information content (AvgIpc) is 3.14. The summed E-state index contributed by atoms with van der Waals surface area (Å²) in [5.41, 5.74) is 1.07. The van der Waals surface area contributed by atoms with Crippen molar-refractivity contribution in [1.29, 1.82) is 0 Å². The summed E-state index contributed by atoms with van der Waals surface area (Å²) < 4.78 is 28.1. The number of aromatic nitrogens is 5. The van der Waals surface area contributed by atoms with Gasteiger partial charge >= 0.3 is 0 Å². The molecule has 0 unspecified atom stereocenters. The monoisotopic (exact) mass is 299 g/mol. The van der Waals surface area contributed by atoms with Gasteiger partial charge in [-0.25, -0.2) is 12.4 Å². The molecule has 104 valence electrons. The van der Waals surface area contributed by atoms with E-state index in [1.165, 1.54) is 14.7 Å². The van der Waals surface area contributed by atoms with E-state index in [2.05, 4.69) is 15.5 Å². The van der Waals surface area contributed by atoms with Gasteiger partial charge in [-0.2, -0.15) is 4.52 Å². The topological polar surface area (TPSA) is 82.2 Å². The van der Waals surface area contributed by atoms with Gasteiger partial charge in [0.05, 0.1) is 10.4 Å². The van der Waals surface area contributed by atoms with E-state index in [0.29, 0.717) is 16.6 Å². The molecule has 0 aliphatic heterocycles. The number of hydrogen-bond acceptors (Lipinski definition) is 5. The van der Waals surface area contributed by atoms with Gasteiger partial charge in [-0.3, -0.25) is 0 Å². The van der Waals surface area contributed by atoms with Gasteiger partial charge in [-0.1, -0.05) is 18.2 Å². The summed E-state index contributed by atoms with van der Waals surface area (Å²) in [6, 6.07) is 11.7. The Morgan fingerprint density at radius 1 is 0.952 bits per heavy atom. The first-order chi connectivity index (χ1) is 10.2. The van der Waals surface area contributed by atoms with Gasteiger partial charge in [-0.05, 0) is 34.7 Å². The SMILES string of the molecule is O=S(=O)(c1ccccc1)n1ccc2c1ccn1nnnc21. The normalized spacial score (nSPS) is 12.2. The molecule has 0 fully saturated rings. The van der Waals surface area contributed by atoms with Crippen molar-refractivity contribution >= 4 is 26.6 Å². The number of benzene rings is 1. The highest BCUT2D eigenvalue weighted by atomic mass is 32.2. The Morgan fingerprint density at radius 2 is 1.76 bits per heavy atom. The van der Waals surface area contributed by atoms with Crippen LogP contribution in [0.25, 0.3) is 16.6 Å². The minimum Gasteiger partial charge on any atom is -0.241 e. The van der Waals surface area contributed by atoms with Crippen LogP contribution in [-0.2, 0) is 10.0 Å². The van der Waals surface area contributed by atoms with Crippen LogP contribution < -0.4 is 0 Å². The largest absolute Gasteiger partial charge is 0.268 e. The number of nitrogens with zero attached hydrogens (tertiary/aromatic N) is 5. The van der Waals surface area contributed by atoms with Crippen LogP contribution in [-0.4, -0.2) is 32.4 Å². The van der Waals surface area contributed by atoms with E-state index in [1.54, 1.807) is 48.7 Å². The minimum atomic E-state index is -3.64. The van der Waals surface area contributed by atoms with Gasteiger partial charge in [0.25, 0.3) is 10.0 Å². The molecule has 0 radical (unpaired) electrons. The van der Waals surface area contributed by atoms with Gasteiger partial charge in [-0.15, -0.1) is 5.10 Å². The molecule has 0 N–H and O–H groups in total. The molecule has 3 aromatic heterocycles. The Bertz CT molecular complexity index is 1050. The van der Waals surface area contributed by atoms with Gasteiger partial charge in [0.1, 0.15) is 0 Å². The Labute approximate surface area is 119 Å². The Kier molecular flexibility index (Phi) is 2.36. The predicted octanol–water partition coefficient (Wildman–Crippen LogP) is 1.32. The number of pyridine rings is 1. The predicted molar refractivity (Wildman–Crippen MR) is 75.3 cm³/mol. The first-order valence-corrected chi connectivity index (χ1v) is 7.60. The number of tetrazole rings is 1. The highest BCUT2D eigenvalue weighted by Gasteiger charge is 2.19. The molecule has 0 saturated heterocycles. The van der Waals surface area contributed by atoms with Crippen LogP contribution in [0.2, 0.25) is 0 Å². The smallest absolute Gasteiger partial charge is 0.241 e. The van der Waals surface area contributed by atoms with Crippen molar-refractivity contribution in [1.82, 2.24) is 24.0 Å². The summed E-state index contributed by atoms with van der Waals surface area (Å²) in [6.07, 6.45) is 3.15. The van der Waals surface area contributed by atoms with Crippen LogP contribution in [0.1, 0.15) is 0 Å². The summed E-state index contributed by atoms with van der Waals surface area (Å²) in [6.45, 7) is 0. The zero-order chi connectivity index (χ0) is 14.4. The maximum atomic E-state index is 12.7. The molecule has 4 rings (SSSR count). The third kappa shape index (κ3) is 1.66. The molecule has 0 aliphatic carbocycles. The Balaban J connectivity index is 2.03. The lowest BCUT2D eigenvalue weighted by Crippen LogP contribution is -2.11. The second kappa shape index (κ2) is 4.13. The molecule has 0 spiro atoms. The first-order valence-electron chi connectivity index (χ1n) is 6.16. The van der Waals surface area contributed by atoms with Crippen molar-refractivity contribution < 1.29 is 8.42 Å². The van der Waals surface area contributed by atoms with E-state index in [9.17, 15) is 8.42 Å². The highest BCUT2D eigenvalue weighted by molar-refractivity contribution is 7.90. The first kappa shape index (κ1) is 12.0. The van der Waals surface area contributed by atoms with E-state index in [-0.39, 0.29) is 4.90 Å². The zero-order valence-electron chi connectivity index (χ0n) is 10.7. The molecule has 1 aromatic carbocycles. The lowest BCUT2D eigenvalue weighted by atomic mass is 10.3. The number of hydrogen-bond donors (Lipinski definition) is 0. The third-order valence-electron chi connectivity index (χ3n) is 3.30. The van der Waals surface area contributed by atoms with E-state index in [4.69, 9.17) is 0 Å². The van der Waals surface area contributed by atoms with Crippen molar-refractivity contribution in [2.75, 3.05) is 0 Å². The average molecular weight is 299 g/mol. The quantitative estimate of drug-likeness (QED) is 0.557. The van der Waals surface area contributed by atoms with Crippen LogP contribution >= 0.6 is 0 Å². The van der Waals surface area contributed by atoms with E-state index >= 15 is 0 Å². The molecule has 3 heterocycles. The summed E-state index contributed by atoms with van der Waals surface area (Å²) >= 11 is 0. The van der Waals surface area contributed by atoms with E-state index in [0.717, 1.165) is 0 Å². The number of fused-ring (bicyclic) bond motifs is 3. The van der Waals surface area contributed by atoms with Crippen LogP contribution in [0.4, 0.5) is 0 Å². The maximum absolute atomic E-state index is 12.7. The van der Waals surface area contributed by atoms with Gasteiger partial charge in [0.2, 0.25) is 0 Å². The summed E-state index contributed by atoms with van der Waals surface area (Å²) in [5, 5.41) is 12.0. The zero-order valence-corrected chi connectivity index (χ0v) is 11.5. The molecule has 0 saturated carbocycles. The molecule has 21 heavy (non-hydrogen) atoms. The standard InChI is InChI=1S/C13H9N5O2S/c19-21(20,10-4-2-1-3-5-10)18-9-6-11-12(18)7-8-17-13(11)14-15-16-17/h1-9H. The molecule has 0 aliphatic rings. The number of rotatable bonds is 2. The summed E-state index contributed by atoms with van der Waals surface area (Å²) in [7, 11) is -3.64. The molecule has 0 atom stereocenters. The fraction of sp³-hybridized carbons (Fsp3) is 0. The third-order valence-corrected chi connectivity index (χ3v) is 5.00. The fourth-order valence-electron chi connectivity index (χ4n) is 2.31. The molecular weight excluding hydrogens is 290 g/mol. The Hall–Kier alpha value is -2.74. The van der Waals surface area contributed by atoms with Crippen molar-refractivity contribution in [3.63, 3.8) is 0 Å². The van der Waals surface area contributed by atoms with Gasteiger partial charge in [0.15, 0.2) is 5.65 Å². The summed E-state index contributed by atoms with van der Waals surface area (Å²) in [5.74, 6) is 0. The van der Waals surface area contributed by atoms with Gasteiger partial charge < -0.3 is 0 Å². The summed E-state index contributed by atoms with van der Waals surface area (Å²) in [4.78, 5) is 0.238. The van der Waals surface area contributed by atoms with Crippen LogP contribution in [0.5, 0.6) is 0 Å². The van der Waals surface area contributed by atoms with Crippen molar-refractivity contribution in [2.45, 2.75) is 4.90 Å². The fourth-order valence-corrected chi connectivity index (χ4v) is 3.67. The Morgan fingerprint density at radius 3 is 2.57 bits per heavy atom. The second-order valence-corrected chi connectivity index (χ2v) is 6.31. The van der Waals surface area contributed by atoms with Crippen molar-refractivity contribution in [3.8, 4) is 0 Å². The molecule has 7 nitrogen and oxygen atoms in total. The van der Waals surface area contributed by atoms with Crippen molar-refractivity contribution in [3.05, 3.63) is 54.9 Å². The van der Waals surface area contributed by atoms with Crippen LogP contribution in [0.3, 0.4) is 0 Å². The van der Waals surface area contributed by atoms with Gasteiger partial charge in [0, 0.05) is 17.8 Å². The molecular formula is C13H9N5O2S.